The number of aryl methyl sites for hydroxylation is 2. The lowest BCUT2D eigenvalue weighted by molar-refractivity contribution is 0.600. The fourth-order valence-corrected chi connectivity index (χ4v) is 1.66. The third-order valence-electron chi connectivity index (χ3n) is 2.83. The standard InChI is InChI=1S/C12H15FN4/c1-8-3-4-9(5-10(8)13)11(14)6-12-15-7-16-17(12)2/h3-5,7,11H,6,14H2,1-2H3. The van der Waals surface area contributed by atoms with Crippen LogP contribution < -0.4 is 5.73 Å². The van der Waals surface area contributed by atoms with Crippen LogP contribution in [-0.2, 0) is 13.5 Å². The molecule has 90 valence electrons. The van der Waals surface area contributed by atoms with Crippen molar-refractivity contribution < 1.29 is 4.39 Å². The molecule has 2 N–H and O–H groups in total. The summed E-state index contributed by atoms with van der Waals surface area (Å²) in [7, 11) is 1.81. The fraction of sp³-hybridized carbons (Fsp3) is 0.333. The number of benzene rings is 1. The van der Waals surface area contributed by atoms with Gasteiger partial charge in [0.1, 0.15) is 18.0 Å². The number of hydrogen-bond acceptors (Lipinski definition) is 3. The maximum atomic E-state index is 13.4. The van der Waals surface area contributed by atoms with E-state index in [1.165, 1.54) is 12.4 Å². The first-order chi connectivity index (χ1) is 8.08. The molecule has 0 spiro atoms. The minimum absolute atomic E-state index is 0.226. The lowest BCUT2D eigenvalue weighted by Gasteiger charge is -2.12. The largest absolute Gasteiger partial charge is 0.324 e. The predicted molar refractivity (Wildman–Crippen MR) is 62.8 cm³/mol. The lowest BCUT2D eigenvalue weighted by Crippen LogP contribution is -2.16. The molecule has 0 radical (unpaired) electrons. The second-order valence-electron chi connectivity index (χ2n) is 4.12. The van der Waals surface area contributed by atoms with Gasteiger partial charge in [0.25, 0.3) is 0 Å². The summed E-state index contributed by atoms with van der Waals surface area (Å²) in [5, 5.41) is 3.97. The Morgan fingerprint density at radius 1 is 1.47 bits per heavy atom. The molecule has 0 amide bonds. The van der Waals surface area contributed by atoms with Gasteiger partial charge in [-0.2, -0.15) is 5.10 Å². The van der Waals surface area contributed by atoms with Crippen LogP contribution in [0.3, 0.4) is 0 Å². The van der Waals surface area contributed by atoms with E-state index < -0.39 is 0 Å². The molecule has 0 saturated carbocycles. The van der Waals surface area contributed by atoms with Crippen molar-refractivity contribution in [2.45, 2.75) is 19.4 Å². The molecule has 0 saturated heterocycles. The van der Waals surface area contributed by atoms with Crippen LogP contribution in [0.5, 0.6) is 0 Å². The van der Waals surface area contributed by atoms with Gasteiger partial charge >= 0.3 is 0 Å². The Labute approximate surface area is 99.3 Å². The lowest BCUT2D eigenvalue weighted by atomic mass is 10.0. The maximum Gasteiger partial charge on any atom is 0.138 e. The topological polar surface area (TPSA) is 56.7 Å². The second kappa shape index (κ2) is 4.63. The van der Waals surface area contributed by atoms with Gasteiger partial charge in [-0.15, -0.1) is 0 Å². The van der Waals surface area contributed by atoms with Gasteiger partial charge < -0.3 is 5.73 Å². The normalized spacial score (nSPS) is 12.7. The van der Waals surface area contributed by atoms with Crippen LogP contribution in [-0.4, -0.2) is 14.8 Å². The summed E-state index contributed by atoms with van der Waals surface area (Å²) in [6, 6.07) is 4.80. The highest BCUT2D eigenvalue weighted by molar-refractivity contribution is 5.26. The Balaban J connectivity index is 2.17. The van der Waals surface area contributed by atoms with E-state index in [1.54, 1.807) is 17.7 Å². The Morgan fingerprint density at radius 2 is 2.24 bits per heavy atom. The van der Waals surface area contributed by atoms with Crippen molar-refractivity contribution >= 4 is 0 Å². The minimum atomic E-state index is -0.270. The summed E-state index contributed by atoms with van der Waals surface area (Å²) < 4.78 is 15.1. The molecule has 5 heteroatoms. The van der Waals surface area contributed by atoms with Gasteiger partial charge in [0.2, 0.25) is 0 Å². The van der Waals surface area contributed by atoms with Crippen molar-refractivity contribution in [2.24, 2.45) is 12.8 Å². The van der Waals surface area contributed by atoms with E-state index >= 15 is 0 Å². The SMILES string of the molecule is Cc1ccc(C(N)Cc2ncnn2C)cc1F. The first kappa shape index (κ1) is 11.7. The second-order valence-corrected chi connectivity index (χ2v) is 4.12. The molecule has 0 bridgehead atoms. The van der Waals surface area contributed by atoms with E-state index in [2.05, 4.69) is 10.1 Å². The van der Waals surface area contributed by atoms with Crippen molar-refractivity contribution in [3.8, 4) is 0 Å². The average molecular weight is 234 g/mol. The zero-order chi connectivity index (χ0) is 12.4. The zero-order valence-corrected chi connectivity index (χ0v) is 9.89. The molecular formula is C12H15FN4. The van der Waals surface area contributed by atoms with E-state index in [0.29, 0.717) is 12.0 Å². The number of nitrogens with zero attached hydrogens (tertiary/aromatic N) is 3. The molecule has 0 aliphatic carbocycles. The van der Waals surface area contributed by atoms with Gasteiger partial charge in [0.15, 0.2) is 0 Å². The summed E-state index contributed by atoms with van der Waals surface area (Å²) >= 11 is 0. The molecule has 1 atom stereocenters. The van der Waals surface area contributed by atoms with Gasteiger partial charge in [-0.25, -0.2) is 9.37 Å². The molecule has 0 aliphatic heterocycles. The van der Waals surface area contributed by atoms with Crippen LogP contribution in [0.2, 0.25) is 0 Å². The Bertz CT molecular complexity index is 521. The Kier molecular flexibility index (Phi) is 3.19. The smallest absolute Gasteiger partial charge is 0.138 e. The summed E-state index contributed by atoms with van der Waals surface area (Å²) in [5.41, 5.74) is 7.43. The van der Waals surface area contributed by atoms with Crippen LogP contribution >= 0.6 is 0 Å². The van der Waals surface area contributed by atoms with Crippen LogP contribution in [0.1, 0.15) is 23.0 Å². The van der Waals surface area contributed by atoms with Crippen molar-refractivity contribution in [2.75, 3.05) is 0 Å². The molecule has 1 aromatic carbocycles. The average Bonchev–Trinajstić information content (AvgIpc) is 2.68. The van der Waals surface area contributed by atoms with Crippen LogP contribution in [0.15, 0.2) is 24.5 Å². The monoisotopic (exact) mass is 234 g/mol. The molecule has 0 fully saturated rings. The van der Waals surface area contributed by atoms with Crippen molar-refractivity contribution in [3.05, 3.63) is 47.3 Å². The molecule has 1 aromatic heterocycles. The van der Waals surface area contributed by atoms with Crippen molar-refractivity contribution in [1.82, 2.24) is 14.8 Å². The molecule has 4 nitrogen and oxygen atoms in total. The van der Waals surface area contributed by atoms with E-state index in [1.807, 2.05) is 13.1 Å². The number of nitrogens with two attached hydrogens (primary N) is 1. The highest BCUT2D eigenvalue weighted by atomic mass is 19.1. The van der Waals surface area contributed by atoms with Crippen LogP contribution in [0.4, 0.5) is 4.39 Å². The zero-order valence-electron chi connectivity index (χ0n) is 9.89. The van der Waals surface area contributed by atoms with E-state index in [0.717, 1.165) is 11.4 Å². The molecule has 1 unspecified atom stereocenters. The van der Waals surface area contributed by atoms with Gasteiger partial charge in [0, 0.05) is 19.5 Å². The molecule has 17 heavy (non-hydrogen) atoms. The molecule has 1 heterocycles. The van der Waals surface area contributed by atoms with Crippen molar-refractivity contribution in [1.29, 1.82) is 0 Å². The van der Waals surface area contributed by atoms with Crippen LogP contribution in [0.25, 0.3) is 0 Å². The number of halogens is 1. The van der Waals surface area contributed by atoms with Gasteiger partial charge in [-0.05, 0) is 24.1 Å². The molecular weight excluding hydrogens is 219 g/mol. The highest BCUT2D eigenvalue weighted by Crippen LogP contribution is 2.17. The number of rotatable bonds is 3. The van der Waals surface area contributed by atoms with Crippen LogP contribution in [0, 0.1) is 12.7 Å². The summed E-state index contributed by atoms with van der Waals surface area (Å²) in [5.74, 6) is 0.564. The number of hydrogen-bond donors (Lipinski definition) is 1. The maximum absolute atomic E-state index is 13.4. The highest BCUT2D eigenvalue weighted by Gasteiger charge is 2.12. The fourth-order valence-electron chi connectivity index (χ4n) is 1.66. The molecule has 0 aliphatic rings. The van der Waals surface area contributed by atoms with Gasteiger partial charge in [-0.1, -0.05) is 12.1 Å². The predicted octanol–water partition coefficient (Wildman–Crippen LogP) is 1.51. The third kappa shape index (κ3) is 2.50. The van der Waals surface area contributed by atoms with Gasteiger partial charge in [0.05, 0.1) is 0 Å². The summed E-state index contributed by atoms with van der Waals surface area (Å²) in [6.45, 7) is 1.73. The Morgan fingerprint density at radius 3 is 2.82 bits per heavy atom. The summed E-state index contributed by atoms with van der Waals surface area (Å²) in [4.78, 5) is 4.10. The first-order valence-corrected chi connectivity index (χ1v) is 5.42. The van der Waals surface area contributed by atoms with Gasteiger partial charge in [-0.3, -0.25) is 4.68 Å². The Hall–Kier alpha value is -1.75. The minimum Gasteiger partial charge on any atom is -0.324 e. The quantitative estimate of drug-likeness (QED) is 0.875. The van der Waals surface area contributed by atoms with E-state index in [-0.39, 0.29) is 11.9 Å². The molecule has 2 aromatic rings. The first-order valence-electron chi connectivity index (χ1n) is 5.42. The summed E-state index contributed by atoms with van der Waals surface area (Å²) in [6.07, 6.45) is 2.02. The van der Waals surface area contributed by atoms with Crippen molar-refractivity contribution in [3.63, 3.8) is 0 Å². The van der Waals surface area contributed by atoms with E-state index in [9.17, 15) is 4.39 Å². The number of aromatic nitrogens is 3. The third-order valence-corrected chi connectivity index (χ3v) is 2.83. The molecule has 2 rings (SSSR count). The van der Waals surface area contributed by atoms with E-state index in [4.69, 9.17) is 5.73 Å².